The van der Waals surface area contributed by atoms with E-state index in [0.29, 0.717) is 11.7 Å². The third-order valence-corrected chi connectivity index (χ3v) is 4.57. The number of nitrogens with zero attached hydrogens (tertiary/aromatic N) is 2. The minimum Gasteiger partial charge on any atom is -0.383 e. The summed E-state index contributed by atoms with van der Waals surface area (Å²) in [5.41, 5.74) is 6.04. The van der Waals surface area contributed by atoms with Gasteiger partial charge in [0.1, 0.15) is 16.8 Å². The van der Waals surface area contributed by atoms with Crippen LogP contribution in [0.4, 0.5) is 5.82 Å². The van der Waals surface area contributed by atoms with Crippen LogP contribution in [0.5, 0.6) is 0 Å². The van der Waals surface area contributed by atoms with Gasteiger partial charge in [0, 0.05) is 12.0 Å². The summed E-state index contributed by atoms with van der Waals surface area (Å²) in [6.07, 6.45) is 3.41. The summed E-state index contributed by atoms with van der Waals surface area (Å²) in [4.78, 5) is 11.3. The average Bonchev–Trinajstić information content (AvgIpc) is 3.09. The topological polar surface area (TPSA) is 61.0 Å². The summed E-state index contributed by atoms with van der Waals surface area (Å²) in [6.45, 7) is 2.14. The molecular weight excluding hydrogens is 246 g/mol. The molecule has 4 nitrogen and oxygen atoms in total. The van der Waals surface area contributed by atoms with Gasteiger partial charge in [0.25, 0.3) is 0 Å². The summed E-state index contributed by atoms with van der Waals surface area (Å²) in [5.74, 6) is 1.89. The molecule has 0 radical (unpaired) electrons. The summed E-state index contributed by atoms with van der Waals surface area (Å²) >= 11 is 1.70. The predicted molar refractivity (Wildman–Crippen MR) is 73.7 cm³/mol. The van der Waals surface area contributed by atoms with Crippen LogP contribution in [0.1, 0.15) is 36.6 Å². The minimum atomic E-state index is 0.00359. The molecule has 2 heterocycles. The van der Waals surface area contributed by atoms with Crippen molar-refractivity contribution in [2.24, 2.45) is 5.92 Å². The van der Waals surface area contributed by atoms with Gasteiger partial charge in [0.05, 0.1) is 5.39 Å². The zero-order valence-corrected chi connectivity index (χ0v) is 11.5. The number of aryl methyl sites for hydroxylation is 1. The highest BCUT2D eigenvalue weighted by molar-refractivity contribution is 7.18. The molecule has 1 saturated carbocycles. The van der Waals surface area contributed by atoms with Crippen LogP contribution in [-0.4, -0.2) is 17.1 Å². The van der Waals surface area contributed by atoms with Crippen LogP contribution in [0, 0.1) is 5.92 Å². The smallest absolute Gasteiger partial charge is 0.161 e. The Hall–Kier alpha value is -1.20. The number of nitrogen functional groups attached to an aromatic ring is 1. The quantitative estimate of drug-likeness (QED) is 0.921. The van der Waals surface area contributed by atoms with Gasteiger partial charge in [-0.3, -0.25) is 0 Å². The molecular formula is C13H17N3OS. The molecule has 96 valence electrons. The third-order valence-electron chi connectivity index (χ3n) is 3.40. The van der Waals surface area contributed by atoms with Crippen LogP contribution in [0.3, 0.4) is 0 Å². The highest BCUT2D eigenvalue weighted by Crippen LogP contribution is 2.42. The van der Waals surface area contributed by atoms with E-state index in [-0.39, 0.29) is 6.10 Å². The van der Waals surface area contributed by atoms with Crippen LogP contribution in [0.2, 0.25) is 0 Å². The molecule has 2 aromatic rings. The standard InChI is InChI=1S/C13H17N3OS/c1-3-8-6-9-11(14)15-12(16-13(9)18-8)10(17-2)7-4-5-7/h6-7,10H,3-5H2,1-2H3,(H2,14,15,16). The lowest BCUT2D eigenvalue weighted by molar-refractivity contribution is 0.0777. The van der Waals surface area contributed by atoms with E-state index in [4.69, 9.17) is 10.5 Å². The highest BCUT2D eigenvalue weighted by atomic mass is 32.1. The molecule has 18 heavy (non-hydrogen) atoms. The van der Waals surface area contributed by atoms with Crippen molar-refractivity contribution in [3.63, 3.8) is 0 Å². The van der Waals surface area contributed by atoms with Gasteiger partial charge in [-0.05, 0) is 31.2 Å². The Kier molecular flexibility index (Phi) is 2.95. The first-order valence-corrected chi connectivity index (χ1v) is 7.13. The molecule has 0 spiro atoms. The molecule has 2 aromatic heterocycles. The maximum Gasteiger partial charge on any atom is 0.161 e. The Morgan fingerprint density at radius 3 is 2.89 bits per heavy atom. The van der Waals surface area contributed by atoms with Gasteiger partial charge in [0.15, 0.2) is 5.82 Å². The van der Waals surface area contributed by atoms with Crippen molar-refractivity contribution in [3.05, 3.63) is 16.8 Å². The number of hydrogen-bond acceptors (Lipinski definition) is 5. The fourth-order valence-electron chi connectivity index (χ4n) is 2.22. The van der Waals surface area contributed by atoms with E-state index < -0.39 is 0 Å². The van der Waals surface area contributed by atoms with Gasteiger partial charge in [0.2, 0.25) is 0 Å². The molecule has 5 heteroatoms. The maximum absolute atomic E-state index is 6.04. The van der Waals surface area contributed by atoms with E-state index in [1.807, 2.05) is 0 Å². The van der Waals surface area contributed by atoms with Crippen molar-refractivity contribution in [1.82, 2.24) is 9.97 Å². The second-order valence-corrected chi connectivity index (χ2v) is 5.86. The molecule has 2 N–H and O–H groups in total. The number of aromatic nitrogens is 2. The van der Waals surface area contributed by atoms with Crippen molar-refractivity contribution >= 4 is 27.4 Å². The van der Waals surface area contributed by atoms with E-state index >= 15 is 0 Å². The second-order valence-electron chi connectivity index (χ2n) is 4.75. The molecule has 1 atom stereocenters. The van der Waals surface area contributed by atoms with E-state index in [9.17, 15) is 0 Å². The lowest BCUT2D eigenvalue weighted by atomic mass is 10.2. The van der Waals surface area contributed by atoms with Crippen molar-refractivity contribution < 1.29 is 4.74 Å². The molecule has 1 aliphatic rings. The van der Waals surface area contributed by atoms with Crippen molar-refractivity contribution in [2.75, 3.05) is 12.8 Å². The zero-order chi connectivity index (χ0) is 12.7. The molecule has 0 saturated heterocycles. The zero-order valence-electron chi connectivity index (χ0n) is 10.6. The van der Waals surface area contributed by atoms with E-state index in [2.05, 4.69) is 23.0 Å². The number of rotatable bonds is 4. The van der Waals surface area contributed by atoms with Crippen LogP contribution < -0.4 is 5.73 Å². The summed E-state index contributed by atoms with van der Waals surface area (Å²) in [7, 11) is 1.72. The number of hydrogen-bond donors (Lipinski definition) is 1. The Bertz CT molecular complexity index is 577. The van der Waals surface area contributed by atoms with Crippen molar-refractivity contribution in [3.8, 4) is 0 Å². The largest absolute Gasteiger partial charge is 0.383 e. The van der Waals surface area contributed by atoms with Gasteiger partial charge in [-0.2, -0.15) is 0 Å². The highest BCUT2D eigenvalue weighted by Gasteiger charge is 2.34. The summed E-state index contributed by atoms with van der Waals surface area (Å²) < 4.78 is 5.52. The van der Waals surface area contributed by atoms with E-state index in [1.165, 1.54) is 17.7 Å². The second kappa shape index (κ2) is 4.48. The first kappa shape index (κ1) is 11.9. The molecule has 3 rings (SSSR count). The SMILES string of the molecule is CCc1cc2c(N)nc(C(OC)C3CC3)nc2s1. The molecule has 0 aliphatic heterocycles. The van der Waals surface area contributed by atoms with Crippen molar-refractivity contribution in [2.45, 2.75) is 32.3 Å². The lowest BCUT2D eigenvalue weighted by Gasteiger charge is -2.13. The first-order valence-electron chi connectivity index (χ1n) is 6.31. The fourth-order valence-corrected chi connectivity index (χ4v) is 3.20. The number of methoxy groups -OCH3 is 1. The van der Waals surface area contributed by atoms with Crippen molar-refractivity contribution in [1.29, 1.82) is 0 Å². The van der Waals surface area contributed by atoms with Crippen LogP contribution >= 0.6 is 11.3 Å². The van der Waals surface area contributed by atoms with Gasteiger partial charge in [-0.15, -0.1) is 11.3 Å². The van der Waals surface area contributed by atoms with E-state index in [1.54, 1.807) is 18.4 Å². The maximum atomic E-state index is 6.04. The Labute approximate surface area is 110 Å². The predicted octanol–water partition coefficient (Wildman–Crippen LogP) is 2.93. The van der Waals surface area contributed by atoms with Gasteiger partial charge < -0.3 is 10.5 Å². The Morgan fingerprint density at radius 2 is 2.28 bits per heavy atom. The van der Waals surface area contributed by atoms with E-state index in [0.717, 1.165) is 22.5 Å². The molecule has 0 aromatic carbocycles. The minimum absolute atomic E-state index is 0.00359. The average molecular weight is 263 g/mol. The number of fused-ring (bicyclic) bond motifs is 1. The number of anilines is 1. The van der Waals surface area contributed by atoms with Crippen LogP contribution in [0.25, 0.3) is 10.2 Å². The van der Waals surface area contributed by atoms with Gasteiger partial charge in [-0.25, -0.2) is 9.97 Å². The number of thiophene rings is 1. The Morgan fingerprint density at radius 1 is 1.50 bits per heavy atom. The van der Waals surface area contributed by atoms with Crippen LogP contribution in [0.15, 0.2) is 6.07 Å². The lowest BCUT2D eigenvalue weighted by Crippen LogP contribution is -2.10. The number of ether oxygens (including phenoxy) is 1. The van der Waals surface area contributed by atoms with Gasteiger partial charge in [-0.1, -0.05) is 6.92 Å². The molecule has 0 amide bonds. The third kappa shape index (κ3) is 1.97. The number of nitrogens with two attached hydrogens (primary N) is 1. The summed E-state index contributed by atoms with van der Waals surface area (Å²) in [6, 6.07) is 2.10. The fraction of sp³-hybridized carbons (Fsp3) is 0.538. The molecule has 1 unspecified atom stereocenters. The first-order chi connectivity index (χ1) is 8.72. The Balaban J connectivity index is 2.07. The molecule has 1 aliphatic carbocycles. The molecule has 0 bridgehead atoms. The van der Waals surface area contributed by atoms with Gasteiger partial charge >= 0.3 is 0 Å². The molecule has 1 fully saturated rings. The normalized spacial score (nSPS) is 17.2. The summed E-state index contributed by atoms with van der Waals surface area (Å²) in [5, 5.41) is 0.978. The van der Waals surface area contributed by atoms with Crippen LogP contribution in [-0.2, 0) is 11.2 Å². The monoisotopic (exact) mass is 263 g/mol.